The van der Waals surface area contributed by atoms with Crippen molar-refractivity contribution in [1.29, 1.82) is 0 Å². The predicted octanol–water partition coefficient (Wildman–Crippen LogP) is 6.33. The number of aromatic nitrogens is 1. The lowest BCUT2D eigenvalue weighted by Gasteiger charge is -2.31. The van der Waals surface area contributed by atoms with E-state index in [0.717, 1.165) is 41.4 Å². The Morgan fingerprint density at radius 1 is 0.926 bits per heavy atom. The number of nitrogens with zero attached hydrogens (tertiary/aromatic N) is 1. The Labute approximate surface area is 172 Å². The Morgan fingerprint density at radius 3 is 2.15 bits per heavy atom. The molecule has 0 radical (unpaired) electrons. The lowest BCUT2D eigenvalue weighted by molar-refractivity contribution is 0.0764. The second kappa shape index (κ2) is 9.52. The normalized spacial score (nSPS) is 12.5. The van der Waals surface area contributed by atoms with Crippen LogP contribution in [0.1, 0.15) is 58.1 Å². The van der Waals surface area contributed by atoms with Crippen LogP contribution in [0, 0.1) is 5.41 Å². The second-order valence-electron chi connectivity index (χ2n) is 8.38. The highest BCUT2D eigenvalue weighted by atomic mass is 79.9. The van der Waals surface area contributed by atoms with Gasteiger partial charge in [-0.05, 0) is 74.4 Å². The smallest absolute Gasteiger partial charge is 0.213 e. The van der Waals surface area contributed by atoms with Gasteiger partial charge in [0.05, 0.1) is 0 Å². The van der Waals surface area contributed by atoms with Crippen molar-refractivity contribution in [3.63, 3.8) is 0 Å². The van der Waals surface area contributed by atoms with Gasteiger partial charge in [0.15, 0.2) is 0 Å². The molecule has 1 heterocycles. The van der Waals surface area contributed by atoms with Crippen molar-refractivity contribution in [2.45, 2.75) is 52.6 Å². The highest BCUT2D eigenvalue weighted by Crippen LogP contribution is 2.31. The van der Waals surface area contributed by atoms with Crippen LogP contribution < -0.4 is 10.5 Å². The van der Waals surface area contributed by atoms with Crippen molar-refractivity contribution in [3.8, 4) is 5.88 Å². The van der Waals surface area contributed by atoms with Gasteiger partial charge in [0.2, 0.25) is 5.88 Å². The molecule has 0 bridgehead atoms. The molecule has 1 aromatic heterocycles. The zero-order valence-corrected chi connectivity index (χ0v) is 18.4. The molecule has 0 spiro atoms. The summed E-state index contributed by atoms with van der Waals surface area (Å²) in [7, 11) is 0. The SMILES string of the molecule is CC(C)(CCN)CCC(C)(C)Oc1ccc(/C=C/c2ccc(Br)cc2)cn1. The van der Waals surface area contributed by atoms with Crippen LogP contribution >= 0.6 is 15.9 Å². The first kappa shape index (κ1) is 21.6. The van der Waals surface area contributed by atoms with Crippen LogP contribution in [0.2, 0.25) is 0 Å². The molecule has 2 aromatic rings. The van der Waals surface area contributed by atoms with Gasteiger partial charge >= 0.3 is 0 Å². The maximum absolute atomic E-state index is 6.13. The summed E-state index contributed by atoms with van der Waals surface area (Å²) < 4.78 is 7.22. The first-order valence-corrected chi connectivity index (χ1v) is 10.3. The molecule has 4 heteroatoms. The zero-order chi connectivity index (χ0) is 19.9. The minimum absolute atomic E-state index is 0.241. The van der Waals surface area contributed by atoms with Gasteiger partial charge in [-0.15, -0.1) is 0 Å². The summed E-state index contributed by atoms with van der Waals surface area (Å²) >= 11 is 3.45. The first-order valence-electron chi connectivity index (χ1n) is 9.48. The van der Waals surface area contributed by atoms with Crippen molar-refractivity contribution in [2.24, 2.45) is 11.1 Å². The molecule has 2 N–H and O–H groups in total. The number of hydrogen-bond donors (Lipinski definition) is 1. The van der Waals surface area contributed by atoms with E-state index >= 15 is 0 Å². The molecule has 2 rings (SSSR count). The Bertz CT molecular complexity index is 734. The second-order valence-corrected chi connectivity index (χ2v) is 9.29. The van der Waals surface area contributed by atoms with E-state index in [-0.39, 0.29) is 11.0 Å². The summed E-state index contributed by atoms with van der Waals surface area (Å²) in [5.41, 5.74) is 7.90. The summed E-state index contributed by atoms with van der Waals surface area (Å²) in [6.07, 6.45) is 9.05. The Balaban J connectivity index is 1.93. The third-order valence-corrected chi connectivity index (χ3v) is 5.23. The molecule has 0 fully saturated rings. The molecule has 146 valence electrons. The third-order valence-electron chi connectivity index (χ3n) is 4.70. The van der Waals surface area contributed by atoms with Gasteiger partial charge in [0.25, 0.3) is 0 Å². The van der Waals surface area contributed by atoms with Crippen molar-refractivity contribution in [2.75, 3.05) is 6.54 Å². The lowest BCUT2D eigenvalue weighted by Crippen LogP contribution is -2.31. The molecule has 0 saturated carbocycles. The van der Waals surface area contributed by atoms with Crippen molar-refractivity contribution >= 4 is 28.1 Å². The van der Waals surface area contributed by atoms with E-state index in [1.165, 1.54) is 0 Å². The van der Waals surface area contributed by atoms with Crippen molar-refractivity contribution in [3.05, 3.63) is 58.2 Å². The van der Waals surface area contributed by atoms with E-state index in [0.29, 0.717) is 5.88 Å². The van der Waals surface area contributed by atoms with Crippen LogP contribution in [-0.2, 0) is 0 Å². The molecule has 0 aliphatic heterocycles. The fraction of sp³-hybridized carbons (Fsp3) is 0.435. The molecule has 0 saturated heterocycles. The van der Waals surface area contributed by atoms with E-state index in [9.17, 15) is 0 Å². The molecule has 1 aromatic carbocycles. The van der Waals surface area contributed by atoms with Crippen LogP contribution in [0.3, 0.4) is 0 Å². The monoisotopic (exact) mass is 430 g/mol. The maximum atomic E-state index is 6.13. The van der Waals surface area contributed by atoms with E-state index in [4.69, 9.17) is 10.5 Å². The van der Waals surface area contributed by atoms with Gasteiger partial charge in [-0.1, -0.05) is 54.1 Å². The average Bonchev–Trinajstić information content (AvgIpc) is 2.61. The van der Waals surface area contributed by atoms with Gasteiger partial charge in [0.1, 0.15) is 5.60 Å². The first-order chi connectivity index (χ1) is 12.7. The number of ether oxygens (including phenoxy) is 1. The van der Waals surface area contributed by atoms with Gasteiger partial charge in [-0.2, -0.15) is 0 Å². The highest BCUT2D eigenvalue weighted by Gasteiger charge is 2.25. The quantitative estimate of drug-likeness (QED) is 0.505. The Kier molecular flexibility index (Phi) is 7.63. The molecular formula is C23H31BrN2O. The standard InChI is InChI=1S/C23H31BrN2O/c1-22(2,15-16-25)13-14-23(3,4)27-21-12-9-19(17-26-21)6-5-18-7-10-20(24)11-8-18/h5-12,17H,13-16,25H2,1-4H3/b6-5+. The fourth-order valence-corrected chi connectivity index (χ4v) is 3.07. The van der Waals surface area contributed by atoms with Crippen LogP contribution in [-0.4, -0.2) is 17.1 Å². The molecule has 0 amide bonds. The highest BCUT2D eigenvalue weighted by molar-refractivity contribution is 9.10. The summed E-state index contributed by atoms with van der Waals surface area (Å²) in [5, 5.41) is 0. The Morgan fingerprint density at radius 2 is 1.56 bits per heavy atom. The Hall–Kier alpha value is -1.65. The summed E-state index contributed by atoms with van der Waals surface area (Å²) in [6.45, 7) is 9.50. The molecular weight excluding hydrogens is 400 g/mol. The van der Waals surface area contributed by atoms with Gasteiger partial charge < -0.3 is 10.5 Å². The number of benzene rings is 1. The van der Waals surface area contributed by atoms with Crippen molar-refractivity contribution < 1.29 is 4.74 Å². The minimum Gasteiger partial charge on any atom is -0.472 e. The number of pyridine rings is 1. The molecule has 27 heavy (non-hydrogen) atoms. The zero-order valence-electron chi connectivity index (χ0n) is 16.8. The lowest BCUT2D eigenvalue weighted by atomic mass is 9.81. The maximum Gasteiger partial charge on any atom is 0.213 e. The fourth-order valence-electron chi connectivity index (χ4n) is 2.81. The molecule has 0 aliphatic carbocycles. The van der Waals surface area contributed by atoms with Crippen LogP contribution in [0.4, 0.5) is 0 Å². The molecule has 0 atom stereocenters. The number of hydrogen-bond acceptors (Lipinski definition) is 3. The minimum atomic E-state index is -0.256. The number of nitrogens with two attached hydrogens (primary N) is 1. The number of halogens is 1. The molecule has 0 aliphatic rings. The van der Waals surface area contributed by atoms with E-state index in [1.54, 1.807) is 0 Å². The van der Waals surface area contributed by atoms with Crippen molar-refractivity contribution in [1.82, 2.24) is 4.98 Å². The van der Waals surface area contributed by atoms with Gasteiger partial charge in [-0.3, -0.25) is 0 Å². The average molecular weight is 431 g/mol. The summed E-state index contributed by atoms with van der Waals surface area (Å²) in [4.78, 5) is 4.47. The predicted molar refractivity (Wildman–Crippen MR) is 119 cm³/mol. The van der Waals surface area contributed by atoms with E-state index in [1.807, 2.05) is 30.5 Å². The summed E-state index contributed by atoms with van der Waals surface area (Å²) in [5.74, 6) is 0.664. The molecule has 0 unspecified atom stereocenters. The van der Waals surface area contributed by atoms with Crippen LogP contribution in [0.15, 0.2) is 47.1 Å². The third kappa shape index (κ3) is 7.86. The molecule has 3 nitrogen and oxygen atoms in total. The van der Waals surface area contributed by atoms with Crippen LogP contribution in [0.25, 0.3) is 12.2 Å². The largest absolute Gasteiger partial charge is 0.472 e. The van der Waals surface area contributed by atoms with Crippen LogP contribution in [0.5, 0.6) is 5.88 Å². The van der Waals surface area contributed by atoms with E-state index < -0.39 is 0 Å². The summed E-state index contributed by atoms with van der Waals surface area (Å²) in [6, 6.07) is 12.2. The van der Waals surface area contributed by atoms with E-state index in [2.05, 4.69) is 72.9 Å². The number of rotatable bonds is 9. The van der Waals surface area contributed by atoms with Gasteiger partial charge in [-0.25, -0.2) is 4.98 Å². The topological polar surface area (TPSA) is 48.1 Å². The van der Waals surface area contributed by atoms with Gasteiger partial charge in [0, 0.05) is 16.7 Å².